The van der Waals surface area contributed by atoms with Gasteiger partial charge >= 0.3 is 12.1 Å². The highest BCUT2D eigenvalue weighted by molar-refractivity contribution is 5.98. The molecule has 0 aliphatic rings. The van der Waals surface area contributed by atoms with Crippen molar-refractivity contribution in [1.29, 1.82) is 0 Å². The summed E-state index contributed by atoms with van der Waals surface area (Å²) in [7, 11) is 0. The third-order valence-electron chi connectivity index (χ3n) is 4.57. The number of carbonyl (C=O) groups excluding carboxylic acids is 2. The molecule has 0 bridgehead atoms. The summed E-state index contributed by atoms with van der Waals surface area (Å²) in [5.74, 6) is -0.753. The Bertz CT molecular complexity index is 1110. The Morgan fingerprint density at radius 3 is 2.52 bits per heavy atom. The number of para-hydroxylation sites is 2. The highest BCUT2D eigenvalue weighted by atomic mass is 16.6. The molecule has 2 aromatic carbocycles. The number of hydrogen-bond donors (Lipinski definition) is 3. The molecule has 8 heteroatoms. The van der Waals surface area contributed by atoms with Gasteiger partial charge in [0, 0.05) is 29.1 Å². The van der Waals surface area contributed by atoms with Crippen molar-refractivity contribution in [3.63, 3.8) is 0 Å². The Hall–Kier alpha value is -3.81. The summed E-state index contributed by atoms with van der Waals surface area (Å²) in [6, 6.07) is 11.5. The number of fused-ring (bicyclic) bond motifs is 1. The number of hydrogen-bond acceptors (Lipinski definition) is 5. The van der Waals surface area contributed by atoms with Gasteiger partial charge in [0.05, 0.1) is 5.52 Å². The second kappa shape index (κ2) is 8.91. The molecular formula is C23H24N2O6. The number of amides is 1. The fraction of sp³-hybridized carbons (Fsp3) is 0.261. The van der Waals surface area contributed by atoms with Crippen LogP contribution in [0.4, 0.5) is 4.79 Å². The van der Waals surface area contributed by atoms with Gasteiger partial charge in [0.15, 0.2) is 0 Å². The van der Waals surface area contributed by atoms with Crippen LogP contribution in [0.15, 0.2) is 48.7 Å². The Labute approximate surface area is 179 Å². The third kappa shape index (κ3) is 5.22. The van der Waals surface area contributed by atoms with Gasteiger partial charge in [0.25, 0.3) is 6.47 Å². The molecule has 0 spiro atoms. The maximum Gasteiger partial charge on any atom is 0.408 e. The molecule has 1 atom stereocenters. The van der Waals surface area contributed by atoms with E-state index >= 15 is 0 Å². The van der Waals surface area contributed by atoms with Gasteiger partial charge in [0.2, 0.25) is 0 Å². The van der Waals surface area contributed by atoms with E-state index in [0.717, 1.165) is 22.0 Å². The molecule has 0 saturated heterocycles. The minimum Gasteiger partial charge on any atom is -0.480 e. The number of aromatic amines is 1. The number of carbonyl (C=O) groups is 3. The molecule has 3 N–H and O–H groups in total. The highest BCUT2D eigenvalue weighted by Crippen LogP contribution is 2.35. The van der Waals surface area contributed by atoms with Crippen LogP contribution in [0.5, 0.6) is 5.75 Å². The van der Waals surface area contributed by atoms with E-state index in [9.17, 15) is 19.5 Å². The zero-order valence-electron chi connectivity index (χ0n) is 17.5. The molecule has 1 heterocycles. The number of ether oxygens (including phenoxy) is 2. The normalized spacial score (nSPS) is 12.2. The number of H-pyrrole nitrogens is 1. The Morgan fingerprint density at radius 1 is 1.13 bits per heavy atom. The molecule has 3 rings (SSSR count). The van der Waals surface area contributed by atoms with Crippen molar-refractivity contribution in [3.05, 3.63) is 54.2 Å². The lowest BCUT2D eigenvalue weighted by Crippen LogP contribution is -2.44. The largest absolute Gasteiger partial charge is 0.480 e. The first-order valence-corrected chi connectivity index (χ1v) is 9.70. The summed E-state index contributed by atoms with van der Waals surface area (Å²) in [6.07, 6.45) is 0.981. The molecule has 1 aromatic heterocycles. The molecule has 31 heavy (non-hydrogen) atoms. The lowest BCUT2D eigenvalue weighted by Gasteiger charge is -2.22. The van der Waals surface area contributed by atoms with Crippen LogP contribution < -0.4 is 10.1 Å². The number of aliphatic carboxylic acids is 1. The molecule has 3 aromatic rings. The quantitative estimate of drug-likeness (QED) is 0.495. The number of carboxylic acids is 1. The van der Waals surface area contributed by atoms with Gasteiger partial charge in [-0.25, -0.2) is 9.59 Å². The molecule has 0 saturated carbocycles. The highest BCUT2D eigenvalue weighted by Gasteiger charge is 2.25. The molecule has 8 nitrogen and oxygen atoms in total. The molecule has 0 aliphatic heterocycles. The van der Waals surface area contributed by atoms with Gasteiger partial charge < -0.3 is 24.9 Å². The topological polar surface area (TPSA) is 118 Å². The van der Waals surface area contributed by atoms with Crippen molar-refractivity contribution >= 4 is 29.4 Å². The van der Waals surface area contributed by atoms with E-state index < -0.39 is 23.7 Å². The first-order valence-electron chi connectivity index (χ1n) is 9.70. The summed E-state index contributed by atoms with van der Waals surface area (Å²) in [5.41, 5.74) is 2.26. The van der Waals surface area contributed by atoms with Crippen LogP contribution in [0.2, 0.25) is 0 Å². The fourth-order valence-electron chi connectivity index (χ4n) is 3.32. The maximum absolute atomic E-state index is 12.1. The molecule has 0 unspecified atom stereocenters. The minimum atomic E-state index is -1.17. The first-order chi connectivity index (χ1) is 14.7. The molecular weight excluding hydrogens is 400 g/mol. The number of alkyl carbamates (subject to hydrolysis) is 1. The van der Waals surface area contributed by atoms with Crippen LogP contribution in [-0.2, 0) is 20.7 Å². The molecule has 0 radical (unpaired) electrons. The number of rotatable bonds is 7. The van der Waals surface area contributed by atoms with Gasteiger partial charge in [-0.2, -0.15) is 0 Å². The van der Waals surface area contributed by atoms with E-state index in [2.05, 4.69) is 10.3 Å². The Kier molecular flexibility index (Phi) is 6.29. The maximum atomic E-state index is 12.1. The summed E-state index contributed by atoms with van der Waals surface area (Å²) in [4.78, 5) is 37.8. The lowest BCUT2D eigenvalue weighted by atomic mass is 9.99. The fourth-order valence-corrected chi connectivity index (χ4v) is 3.32. The summed E-state index contributed by atoms with van der Waals surface area (Å²) < 4.78 is 10.3. The van der Waals surface area contributed by atoms with Crippen LogP contribution in [0.3, 0.4) is 0 Å². The van der Waals surface area contributed by atoms with E-state index in [4.69, 9.17) is 9.47 Å². The van der Waals surface area contributed by atoms with E-state index in [0.29, 0.717) is 17.8 Å². The molecule has 1 amide bonds. The van der Waals surface area contributed by atoms with Gasteiger partial charge in [-0.15, -0.1) is 0 Å². The van der Waals surface area contributed by atoms with Gasteiger partial charge in [0.1, 0.15) is 17.4 Å². The molecule has 162 valence electrons. The zero-order chi connectivity index (χ0) is 22.6. The van der Waals surface area contributed by atoms with Crippen molar-refractivity contribution in [2.24, 2.45) is 0 Å². The standard InChI is InChI=1S/C23H24N2O6/c1-23(2,3)31-22(29)25-18(21(27)28)11-14-12-24-20-15(14)8-6-9-17(20)16-7-4-5-10-19(16)30-13-26/h4-10,12-13,18,24H,11H2,1-3H3,(H,25,29)(H,27,28)/t18-/m0/s1. The number of nitrogens with one attached hydrogen (secondary N) is 2. The number of benzene rings is 2. The Balaban J connectivity index is 1.92. The van der Waals surface area contributed by atoms with Crippen LogP contribution >= 0.6 is 0 Å². The van der Waals surface area contributed by atoms with E-state index in [1.807, 2.05) is 30.3 Å². The van der Waals surface area contributed by atoms with Crippen molar-refractivity contribution in [3.8, 4) is 16.9 Å². The smallest absolute Gasteiger partial charge is 0.408 e. The average Bonchev–Trinajstić information content (AvgIpc) is 3.10. The lowest BCUT2D eigenvalue weighted by molar-refractivity contribution is -0.139. The second-order valence-electron chi connectivity index (χ2n) is 7.99. The second-order valence-corrected chi connectivity index (χ2v) is 7.99. The summed E-state index contributed by atoms with van der Waals surface area (Å²) >= 11 is 0. The first kappa shape index (κ1) is 21.9. The summed E-state index contributed by atoms with van der Waals surface area (Å²) in [5, 5.41) is 12.8. The average molecular weight is 424 g/mol. The molecule has 0 aliphatic carbocycles. The zero-order valence-corrected chi connectivity index (χ0v) is 17.5. The van der Waals surface area contributed by atoms with Crippen molar-refractivity contribution in [2.75, 3.05) is 0 Å². The third-order valence-corrected chi connectivity index (χ3v) is 4.57. The van der Waals surface area contributed by atoms with Gasteiger partial charge in [-0.05, 0) is 32.4 Å². The van der Waals surface area contributed by atoms with E-state index in [1.165, 1.54) is 0 Å². The SMILES string of the molecule is CC(C)(C)OC(=O)N[C@@H](Cc1c[nH]c2c(-c3ccccc3OC=O)cccc12)C(=O)O. The predicted molar refractivity (Wildman–Crippen MR) is 115 cm³/mol. The van der Waals surface area contributed by atoms with Crippen molar-refractivity contribution in [1.82, 2.24) is 10.3 Å². The van der Waals surface area contributed by atoms with E-state index in [-0.39, 0.29) is 6.42 Å². The van der Waals surface area contributed by atoms with Crippen molar-refractivity contribution in [2.45, 2.75) is 38.8 Å². The number of aromatic nitrogens is 1. The van der Waals surface area contributed by atoms with Crippen LogP contribution in [0.25, 0.3) is 22.0 Å². The number of carboxylic acid groups (broad SMARTS) is 1. The Morgan fingerprint density at radius 2 is 1.84 bits per heavy atom. The van der Waals surface area contributed by atoms with Crippen LogP contribution in [0.1, 0.15) is 26.3 Å². The minimum absolute atomic E-state index is 0.0600. The van der Waals surface area contributed by atoms with Crippen LogP contribution in [-0.4, -0.2) is 40.3 Å². The predicted octanol–water partition coefficient (Wildman–Crippen LogP) is 3.89. The van der Waals surface area contributed by atoms with Gasteiger partial charge in [-0.3, -0.25) is 4.79 Å². The van der Waals surface area contributed by atoms with Crippen molar-refractivity contribution < 1.29 is 29.0 Å². The molecule has 0 fully saturated rings. The summed E-state index contributed by atoms with van der Waals surface area (Å²) in [6.45, 7) is 5.49. The van der Waals surface area contributed by atoms with E-state index in [1.54, 1.807) is 39.1 Å². The monoisotopic (exact) mass is 424 g/mol. The van der Waals surface area contributed by atoms with Crippen LogP contribution in [0, 0.1) is 0 Å². The van der Waals surface area contributed by atoms with Gasteiger partial charge in [-0.1, -0.05) is 36.4 Å².